The highest BCUT2D eigenvalue weighted by atomic mass is 28.3. The van der Waals surface area contributed by atoms with Crippen molar-refractivity contribution in [3.05, 3.63) is 151 Å². The number of hydrogen-bond acceptors (Lipinski definition) is 0. The minimum Gasteiger partial charge on any atom is -0.313 e. The second kappa shape index (κ2) is 11.8. The van der Waals surface area contributed by atoms with Gasteiger partial charge in [0.25, 0.3) is 0 Å². The Hall–Kier alpha value is -4.40. The number of aromatic nitrogens is 1. The lowest BCUT2D eigenvalue weighted by molar-refractivity contribution is 0.443. The van der Waals surface area contributed by atoms with Crippen molar-refractivity contribution < 1.29 is 0 Å². The van der Waals surface area contributed by atoms with Crippen LogP contribution in [0.25, 0.3) is 27.5 Å². The van der Waals surface area contributed by atoms with Crippen LogP contribution in [0.1, 0.15) is 56.9 Å². The van der Waals surface area contributed by atoms with Crippen LogP contribution in [-0.4, -0.2) is 12.6 Å². The molecule has 45 heavy (non-hydrogen) atoms. The highest BCUT2D eigenvalue weighted by molar-refractivity contribution is 7.20. The molecule has 1 fully saturated rings. The van der Waals surface area contributed by atoms with Crippen LogP contribution >= 0.6 is 0 Å². The summed E-state index contributed by atoms with van der Waals surface area (Å²) in [5, 5.41) is 8.42. The van der Waals surface area contributed by atoms with E-state index in [-0.39, 0.29) is 0 Å². The lowest BCUT2D eigenvalue weighted by atomic mass is 9.84. The molecule has 2 aliphatic rings. The third kappa shape index (κ3) is 4.75. The Balaban J connectivity index is 1.40. The van der Waals surface area contributed by atoms with Crippen LogP contribution in [0.3, 0.4) is 0 Å². The minimum atomic E-state index is -2.66. The van der Waals surface area contributed by atoms with Gasteiger partial charge >= 0.3 is 0 Å². The smallest absolute Gasteiger partial charge is 0.179 e. The van der Waals surface area contributed by atoms with Crippen molar-refractivity contribution in [2.75, 3.05) is 0 Å². The molecule has 5 aromatic carbocycles. The van der Waals surface area contributed by atoms with Crippen molar-refractivity contribution in [3.8, 4) is 0 Å². The molecular formula is C43H41NSi. The number of nitrogens with zero attached hydrogens (tertiary/aromatic N) is 1. The van der Waals surface area contributed by atoms with Crippen molar-refractivity contribution >= 4 is 56.3 Å². The lowest BCUT2D eigenvalue weighted by Crippen LogP contribution is -2.74. The quantitative estimate of drug-likeness (QED) is 0.133. The fraction of sp³-hybridized carbons (Fsp3) is 0.209. The summed E-state index contributed by atoms with van der Waals surface area (Å²) >= 11 is 0. The molecule has 1 atom stereocenters. The predicted molar refractivity (Wildman–Crippen MR) is 196 cm³/mol. The Labute approximate surface area is 268 Å². The topological polar surface area (TPSA) is 4.93 Å². The second-order valence-electron chi connectivity index (χ2n) is 13.2. The van der Waals surface area contributed by atoms with E-state index in [0.717, 1.165) is 6.42 Å². The number of benzene rings is 5. The average molecular weight is 600 g/mol. The molecular weight excluding hydrogens is 559 g/mol. The molecule has 1 saturated carbocycles. The first kappa shape index (κ1) is 28.1. The summed E-state index contributed by atoms with van der Waals surface area (Å²) in [6.45, 7) is 2.35. The van der Waals surface area contributed by atoms with E-state index >= 15 is 0 Å². The van der Waals surface area contributed by atoms with Crippen molar-refractivity contribution in [3.63, 3.8) is 0 Å². The molecule has 0 saturated heterocycles. The molecule has 0 aliphatic heterocycles. The van der Waals surface area contributed by atoms with Gasteiger partial charge in [-0.3, -0.25) is 0 Å². The van der Waals surface area contributed by atoms with Gasteiger partial charge in [-0.25, -0.2) is 0 Å². The van der Waals surface area contributed by atoms with Gasteiger partial charge in [-0.15, -0.1) is 0 Å². The highest BCUT2D eigenvalue weighted by Gasteiger charge is 2.42. The maximum atomic E-state index is 2.55. The van der Waals surface area contributed by atoms with Gasteiger partial charge in [-0.2, -0.15) is 0 Å². The molecule has 1 aromatic heterocycles. The largest absolute Gasteiger partial charge is 0.313 e. The molecule has 222 valence electrons. The summed E-state index contributed by atoms with van der Waals surface area (Å²) in [6, 6.07) is 49.1. The van der Waals surface area contributed by atoms with Crippen LogP contribution in [0.5, 0.6) is 0 Å². The Morgan fingerprint density at radius 1 is 0.578 bits per heavy atom. The summed E-state index contributed by atoms with van der Waals surface area (Å²) in [5.41, 5.74) is 5.49. The average Bonchev–Trinajstić information content (AvgIpc) is 3.44. The fourth-order valence-corrected chi connectivity index (χ4v) is 13.1. The van der Waals surface area contributed by atoms with Gasteiger partial charge < -0.3 is 4.57 Å². The highest BCUT2D eigenvalue weighted by Crippen LogP contribution is 2.36. The molecule has 0 amide bonds. The molecule has 0 radical (unpaired) electrons. The van der Waals surface area contributed by atoms with Crippen LogP contribution in [0.15, 0.2) is 146 Å². The van der Waals surface area contributed by atoms with Crippen molar-refractivity contribution in [1.82, 2.24) is 4.57 Å². The zero-order valence-corrected chi connectivity index (χ0v) is 27.2. The number of fused-ring (bicyclic) bond motifs is 3. The fourth-order valence-electron chi connectivity index (χ4n) is 8.33. The lowest BCUT2D eigenvalue weighted by Gasteiger charge is -2.35. The molecule has 2 heteroatoms. The second-order valence-corrected chi connectivity index (χ2v) is 17.0. The van der Waals surface area contributed by atoms with Crippen molar-refractivity contribution in [2.45, 2.75) is 51.4 Å². The molecule has 8 rings (SSSR count). The van der Waals surface area contributed by atoms with Crippen molar-refractivity contribution in [2.24, 2.45) is 5.92 Å². The van der Waals surface area contributed by atoms with Crippen LogP contribution in [0.4, 0.5) is 0 Å². The molecule has 1 unspecified atom stereocenters. The molecule has 2 aliphatic carbocycles. The summed E-state index contributed by atoms with van der Waals surface area (Å²) in [5.74, 6) is 1.17. The van der Waals surface area contributed by atoms with E-state index in [1.54, 1.807) is 0 Å². The van der Waals surface area contributed by atoms with Crippen molar-refractivity contribution in [1.29, 1.82) is 0 Å². The van der Waals surface area contributed by atoms with Crippen LogP contribution in [-0.2, 0) is 0 Å². The first-order valence-electron chi connectivity index (χ1n) is 16.9. The molecule has 1 heterocycles. The van der Waals surface area contributed by atoms with E-state index in [1.807, 2.05) is 0 Å². The van der Waals surface area contributed by atoms with E-state index in [1.165, 1.54) is 85.9 Å². The normalized spacial score (nSPS) is 17.5. The Morgan fingerprint density at radius 3 is 1.87 bits per heavy atom. The van der Waals surface area contributed by atoms with E-state index < -0.39 is 8.07 Å². The van der Waals surface area contributed by atoms with E-state index in [2.05, 4.69) is 157 Å². The van der Waals surface area contributed by atoms with Crippen LogP contribution in [0.2, 0.25) is 0 Å². The van der Waals surface area contributed by atoms with Crippen LogP contribution in [0, 0.1) is 5.92 Å². The third-order valence-electron chi connectivity index (χ3n) is 10.6. The number of hydrogen-bond donors (Lipinski definition) is 0. The zero-order valence-electron chi connectivity index (χ0n) is 26.2. The minimum absolute atomic E-state index is 0.471. The maximum absolute atomic E-state index is 2.66. The standard InChI is InChI=1S/C43H41NSi/c1-32-15-11-13-23-41(32)44-42-24-14-12-22-39(42)40-31-38(29-30-43(40)44)45(35-18-7-3-8-19-35,36-20-9-4-10-21-36)37-27-25-34(26-28-37)33-16-5-2-6-17-33/h3-4,7-14,18-33H,2,5-6,15-17H2,1H3. The van der Waals surface area contributed by atoms with E-state index in [0.29, 0.717) is 11.8 Å². The monoisotopic (exact) mass is 599 g/mol. The molecule has 0 N–H and O–H groups in total. The van der Waals surface area contributed by atoms with E-state index in [9.17, 15) is 0 Å². The Morgan fingerprint density at radius 2 is 1.18 bits per heavy atom. The van der Waals surface area contributed by atoms with E-state index in [4.69, 9.17) is 0 Å². The summed E-state index contributed by atoms with van der Waals surface area (Å²) in [6.07, 6.45) is 14.7. The molecule has 6 aromatic rings. The van der Waals surface area contributed by atoms with Gasteiger partial charge in [0.1, 0.15) is 0 Å². The van der Waals surface area contributed by atoms with Gasteiger partial charge in [-0.1, -0.05) is 154 Å². The van der Waals surface area contributed by atoms with Gasteiger partial charge in [0.2, 0.25) is 0 Å². The summed E-state index contributed by atoms with van der Waals surface area (Å²) in [4.78, 5) is 0. The first-order valence-corrected chi connectivity index (χ1v) is 18.9. The molecule has 1 nitrogen and oxygen atoms in total. The third-order valence-corrected chi connectivity index (χ3v) is 15.4. The number of rotatable bonds is 6. The number of para-hydroxylation sites is 1. The molecule has 0 bridgehead atoms. The Kier molecular flexibility index (Phi) is 7.39. The summed E-state index contributed by atoms with van der Waals surface area (Å²) in [7, 11) is -2.66. The first-order chi connectivity index (χ1) is 22.2. The maximum Gasteiger partial charge on any atom is 0.179 e. The van der Waals surface area contributed by atoms with Gasteiger partial charge in [0.05, 0.1) is 11.0 Å². The SMILES string of the molecule is CC1CC=CC=C1n1c2ccccc2c2cc([Si](c3ccccc3)(c3ccccc3)c3ccc(C4CCCCC4)cc3)ccc21. The zero-order chi connectivity index (χ0) is 30.2. The Bertz CT molecular complexity index is 1970. The van der Waals surface area contributed by atoms with Gasteiger partial charge in [0, 0.05) is 22.4 Å². The molecule has 0 spiro atoms. The van der Waals surface area contributed by atoms with Gasteiger partial charge in [0.15, 0.2) is 8.07 Å². The predicted octanol–water partition coefficient (Wildman–Crippen LogP) is 8.66. The number of allylic oxidation sites excluding steroid dienone is 4. The van der Waals surface area contributed by atoms with Gasteiger partial charge in [-0.05, 0) is 69.7 Å². The van der Waals surface area contributed by atoms with Crippen LogP contribution < -0.4 is 20.7 Å². The summed E-state index contributed by atoms with van der Waals surface area (Å²) < 4.78 is 2.52.